The number of rotatable bonds is 6. The predicted molar refractivity (Wildman–Crippen MR) is 99.2 cm³/mol. The van der Waals surface area contributed by atoms with Crippen LogP contribution < -0.4 is 10.2 Å². The van der Waals surface area contributed by atoms with Crippen LogP contribution in [0.1, 0.15) is 41.0 Å². The summed E-state index contributed by atoms with van der Waals surface area (Å²) in [5, 5.41) is 4.73. The highest BCUT2D eigenvalue weighted by Crippen LogP contribution is 2.26. The molecule has 0 bridgehead atoms. The van der Waals surface area contributed by atoms with Crippen LogP contribution in [0, 0.1) is 0 Å². The van der Waals surface area contributed by atoms with Crippen LogP contribution in [0.4, 0.5) is 5.69 Å². The van der Waals surface area contributed by atoms with Crippen molar-refractivity contribution in [1.82, 2.24) is 5.32 Å². The molecule has 6 nitrogen and oxygen atoms in total. The van der Waals surface area contributed by atoms with Crippen LogP contribution in [0.15, 0.2) is 41.8 Å². The number of nitrogens with one attached hydrogen (secondary N) is 1. The van der Waals surface area contributed by atoms with Gasteiger partial charge in [0.1, 0.15) is 0 Å². The van der Waals surface area contributed by atoms with E-state index in [1.807, 2.05) is 24.4 Å². The number of anilines is 1. The molecule has 0 saturated carbocycles. The monoisotopic (exact) mass is 372 g/mol. The number of carbonyl (C=O) groups excluding carboxylic acids is 3. The zero-order valence-corrected chi connectivity index (χ0v) is 15.3. The summed E-state index contributed by atoms with van der Waals surface area (Å²) in [5.74, 6) is -0.985. The molecule has 1 atom stereocenters. The van der Waals surface area contributed by atoms with Gasteiger partial charge in [-0.2, -0.15) is 0 Å². The minimum Gasteiger partial charge on any atom is -0.452 e. The van der Waals surface area contributed by atoms with Gasteiger partial charge in [-0.3, -0.25) is 9.59 Å². The third-order valence-electron chi connectivity index (χ3n) is 4.17. The van der Waals surface area contributed by atoms with Gasteiger partial charge in [0.05, 0.1) is 17.3 Å². The molecule has 1 N–H and O–H groups in total. The van der Waals surface area contributed by atoms with Crippen molar-refractivity contribution in [3.63, 3.8) is 0 Å². The molecule has 1 fully saturated rings. The normalized spacial score (nSPS) is 15.0. The van der Waals surface area contributed by atoms with Crippen LogP contribution in [-0.2, 0) is 14.3 Å². The van der Waals surface area contributed by atoms with Crippen LogP contribution in [0.5, 0.6) is 0 Å². The van der Waals surface area contributed by atoms with Gasteiger partial charge in [0, 0.05) is 17.8 Å². The summed E-state index contributed by atoms with van der Waals surface area (Å²) in [6.07, 6.45) is 1.25. The van der Waals surface area contributed by atoms with Gasteiger partial charge in [-0.25, -0.2) is 4.79 Å². The quantitative estimate of drug-likeness (QED) is 0.791. The third kappa shape index (κ3) is 4.11. The zero-order valence-electron chi connectivity index (χ0n) is 14.4. The molecule has 1 aromatic heterocycles. The molecule has 1 saturated heterocycles. The number of ether oxygens (including phenoxy) is 1. The first-order valence-corrected chi connectivity index (χ1v) is 9.33. The number of para-hydroxylation sites is 1. The molecule has 2 heterocycles. The molecule has 0 unspecified atom stereocenters. The van der Waals surface area contributed by atoms with Gasteiger partial charge in [-0.1, -0.05) is 18.2 Å². The maximum absolute atomic E-state index is 12.4. The van der Waals surface area contributed by atoms with Gasteiger partial charge < -0.3 is 15.0 Å². The lowest BCUT2D eigenvalue weighted by Gasteiger charge is -2.19. The van der Waals surface area contributed by atoms with E-state index < -0.39 is 5.97 Å². The maximum atomic E-state index is 12.4. The van der Waals surface area contributed by atoms with Crippen molar-refractivity contribution in [3.8, 4) is 0 Å². The fourth-order valence-electron chi connectivity index (χ4n) is 2.89. The predicted octanol–water partition coefficient (Wildman–Crippen LogP) is 2.91. The summed E-state index contributed by atoms with van der Waals surface area (Å²) in [7, 11) is 0. The highest BCUT2D eigenvalue weighted by molar-refractivity contribution is 7.10. The second-order valence-corrected chi connectivity index (χ2v) is 7.03. The highest BCUT2D eigenvalue weighted by atomic mass is 32.1. The van der Waals surface area contributed by atoms with Gasteiger partial charge in [-0.15, -0.1) is 11.3 Å². The third-order valence-corrected chi connectivity index (χ3v) is 5.23. The minimum atomic E-state index is -0.612. The molecule has 3 rings (SSSR count). The van der Waals surface area contributed by atoms with Crippen LogP contribution in [-0.4, -0.2) is 30.9 Å². The van der Waals surface area contributed by atoms with Gasteiger partial charge in [0.15, 0.2) is 6.61 Å². The first kappa shape index (κ1) is 18.1. The number of benzene rings is 1. The second-order valence-electron chi connectivity index (χ2n) is 6.05. The van der Waals surface area contributed by atoms with Crippen molar-refractivity contribution in [2.24, 2.45) is 0 Å². The summed E-state index contributed by atoms with van der Waals surface area (Å²) < 4.78 is 5.16. The molecule has 0 aliphatic carbocycles. The summed E-state index contributed by atoms with van der Waals surface area (Å²) in [5.41, 5.74) is 0.828. The summed E-state index contributed by atoms with van der Waals surface area (Å²) in [6, 6.07) is 10.5. The molecule has 26 heavy (non-hydrogen) atoms. The van der Waals surface area contributed by atoms with E-state index in [0.29, 0.717) is 24.2 Å². The highest BCUT2D eigenvalue weighted by Gasteiger charge is 2.26. The Hall–Kier alpha value is -2.67. The van der Waals surface area contributed by atoms with Crippen LogP contribution in [0.25, 0.3) is 0 Å². The number of hydrogen-bond donors (Lipinski definition) is 1. The molecule has 7 heteroatoms. The van der Waals surface area contributed by atoms with E-state index in [1.54, 1.807) is 40.5 Å². The average Bonchev–Trinajstić information content (AvgIpc) is 3.31. The van der Waals surface area contributed by atoms with Gasteiger partial charge in [-0.05, 0) is 36.9 Å². The molecular formula is C19H20N2O4S. The van der Waals surface area contributed by atoms with E-state index in [1.165, 1.54) is 0 Å². The van der Waals surface area contributed by atoms with Crippen molar-refractivity contribution in [2.75, 3.05) is 18.1 Å². The number of hydrogen-bond acceptors (Lipinski definition) is 5. The summed E-state index contributed by atoms with van der Waals surface area (Å²) >= 11 is 1.55. The molecule has 2 amide bonds. The molecule has 1 aliphatic heterocycles. The Morgan fingerprint density at radius 3 is 2.77 bits per heavy atom. The number of thiophene rings is 1. The van der Waals surface area contributed by atoms with Crippen molar-refractivity contribution < 1.29 is 19.1 Å². The summed E-state index contributed by atoms with van der Waals surface area (Å²) in [4.78, 5) is 39.0. The smallest absolute Gasteiger partial charge is 0.340 e. The lowest BCUT2D eigenvalue weighted by Crippen LogP contribution is -2.31. The summed E-state index contributed by atoms with van der Waals surface area (Å²) in [6.45, 7) is 2.10. The Kier molecular flexibility index (Phi) is 5.68. The van der Waals surface area contributed by atoms with E-state index in [0.717, 1.165) is 11.3 Å². The SMILES string of the molecule is C[C@H](NC(=O)COC(=O)c1ccccc1N1CCCC1=O)c1cccs1. The lowest BCUT2D eigenvalue weighted by atomic mass is 10.1. The van der Waals surface area contributed by atoms with Crippen molar-refractivity contribution >= 4 is 34.8 Å². The number of carbonyl (C=O) groups is 3. The van der Waals surface area contributed by atoms with Crippen LogP contribution >= 0.6 is 11.3 Å². The van der Waals surface area contributed by atoms with E-state index in [-0.39, 0.29) is 24.5 Å². The van der Waals surface area contributed by atoms with E-state index in [4.69, 9.17) is 4.74 Å². The minimum absolute atomic E-state index is 0.00670. The van der Waals surface area contributed by atoms with Gasteiger partial charge in [0.2, 0.25) is 5.91 Å². The molecule has 0 radical (unpaired) electrons. The fourth-order valence-corrected chi connectivity index (χ4v) is 3.62. The average molecular weight is 372 g/mol. The lowest BCUT2D eigenvalue weighted by molar-refractivity contribution is -0.124. The van der Waals surface area contributed by atoms with Crippen molar-refractivity contribution in [1.29, 1.82) is 0 Å². The molecule has 136 valence electrons. The Bertz CT molecular complexity index is 804. The molecule has 1 aliphatic rings. The topological polar surface area (TPSA) is 75.7 Å². The fraction of sp³-hybridized carbons (Fsp3) is 0.316. The Morgan fingerprint density at radius 1 is 1.27 bits per heavy atom. The van der Waals surface area contributed by atoms with Gasteiger partial charge in [0.25, 0.3) is 5.91 Å². The second kappa shape index (κ2) is 8.14. The molecular weight excluding hydrogens is 352 g/mol. The number of nitrogens with zero attached hydrogens (tertiary/aromatic N) is 1. The Labute approximate surface area is 155 Å². The van der Waals surface area contributed by atoms with Crippen LogP contribution in [0.2, 0.25) is 0 Å². The van der Waals surface area contributed by atoms with E-state index >= 15 is 0 Å². The Morgan fingerprint density at radius 2 is 2.08 bits per heavy atom. The van der Waals surface area contributed by atoms with Gasteiger partial charge >= 0.3 is 5.97 Å². The Balaban J connectivity index is 1.60. The standard InChI is InChI=1S/C19H20N2O4S/c1-13(16-8-5-11-26-16)20-17(22)12-25-19(24)14-6-2-3-7-15(14)21-10-4-9-18(21)23/h2-3,5-8,11,13H,4,9-10,12H2,1H3,(H,20,22)/t13-/m0/s1. The maximum Gasteiger partial charge on any atom is 0.340 e. The molecule has 2 aromatic rings. The first-order valence-electron chi connectivity index (χ1n) is 8.45. The van der Waals surface area contributed by atoms with Crippen molar-refractivity contribution in [3.05, 3.63) is 52.2 Å². The van der Waals surface area contributed by atoms with E-state index in [9.17, 15) is 14.4 Å². The first-order chi connectivity index (χ1) is 12.6. The van der Waals surface area contributed by atoms with Crippen molar-refractivity contribution in [2.45, 2.75) is 25.8 Å². The zero-order chi connectivity index (χ0) is 18.5. The molecule has 0 spiro atoms. The number of esters is 1. The number of amides is 2. The largest absolute Gasteiger partial charge is 0.452 e. The van der Waals surface area contributed by atoms with Crippen LogP contribution in [0.3, 0.4) is 0 Å². The van der Waals surface area contributed by atoms with E-state index in [2.05, 4.69) is 5.32 Å². The molecule has 1 aromatic carbocycles.